The summed E-state index contributed by atoms with van der Waals surface area (Å²) in [6, 6.07) is 9.59. The number of nitrogens with one attached hydrogen (secondary N) is 4. The van der Waals surface area contributed by atoms with E-state index in [1.807, 2.05) is 135 Å². The highest BCUT2D eigenvalue weighted by Gasteiger charge is 2.22. The van der Waals surface area contributed by atoms with Crippen molar-refractivity contribution in [1.82, 2.24) is 200 Å². The van der Waals surface area contributed by atoms with Crippen molar-refractivity contribution >= 4 is 152 Å². The van der Waals surface area contributed by atoms with Gasteiger partial charge >= 0.3 is 0 Å². The summed E-state index contributed by atoms with van der Waals surface area (Å²) in [5.41, 5.74) is 44.2. The Kier molecular flexibility index (Phi) is 33.4. The summed E-state index contributed by atoms with van der Waals surface area (Å²) >= 11 is 0. The minimum Gasteiger partial charge on any atom is -0.397 e. The molecular formula is C94H119F2N47O5. The number of hydrogen-bond acceptors (Lipinski definition) is 35. The molecule has 0 saturated heterocycles. The molecule has 23 rings (SSSR count). The van der Waals surface area contributed by atoms with Crippen LogP contribution in [0.15, 0.2) is 186 Å². The largest absolute Gasteiger partial charge is 0.397 e. The van der Waals surface area contributed by atoms with Gasteiger partial charge in [-0.2, -0.15) is 5.10 Å². The lowest BCUT2D eigenvalue weighted by Crippen LogP contribution is -2.16. The van der Waals surface area contributed by atoms with Crippen LogP contribution in [0.1, 0.15) is 224 Å². The normalized spacial score (nSPS) is 11.4. The van der Waals surface area contributed by atoms with Crippen LogP contribution in [0.3, 0.4) is 0 Å². The first-order chi connectivity index (χ1) is 70.5. The van der Waals surface area contributed by atoms with Crippen LogP contribution in [0.4, 0.5) is 43.6 Å². The summed E-state index contributed by atoms with van der Waals surface area (Å²) in [4.78, 5) is 144. The van der Waals surface area contributed by atoms with Gasteiger partial charge in [-0.1, -0.05) is 24.3 Å². The third kappa shape index (κ3) is 23.2. The van der Waals surface area contributed by atoms with Crippen molar-refractivity contribution in [2.24, 2.45) is 0 Å². The van der Waals surface area contributed by atoms with Crippen LogP contribution in [0.2, 0.25) is 0 Å². The summed E-state index contributed by atoms with van der Waals surface area (Å²) in [5.74, 6) is 2.68. The van der Waals surface area contributed by atoms with E-state index in [1.54, 1.807) is 102 Å². The van der Waals surface area contributed by atoms with Gasteiger partial charge in [-0.3, -0.25) is 37.8 Å². The van der Waals surface area contributed by atoms with Crippen LogP contribution in [-0.4, -0.2) is 200 Å². The molecule has 0 amide bonds. The topological polar surface area (TPSA) is 677 Å². The number of imidazole rings is 6. The Bertz CT molecular complexity index is 8220. The zero-order chi connectivity index (χ0) is 107. The van der Waals surface area contributed by atoms with Crippen LogP contribution in [-0.2, 0) is 0 Å². The number of aromatic nitrogens is 41. The van der Waals surface area contributed by atoms with E-state index in [0.717, 1.165) is 39.3 Å². The Hall–Kier alpha value is -18.5. The Morgan fingerprint density at radius 2 is 0.770 bits per heavy atom. The van der Waals surface area contributed by atoms with Gasteiger partial charge in [-0.25, -0.2) is 117 Å². The number of hydrogen-bond donors (Lipinski definition) is 10. The van der Waals surface area contributed by atoms with E-state index in [9.17, 15) is 32.8 Å². The smallest absolute Gasteiger partial charge is 0.280 e. The van der Waals surface area contributed by atoms with E-state index in [1.165, 1.54) is 63.0 Å². The number of halogens is 2. The number of aromatic amines is 4. The molecular weight excluding hydrogens is 1910 g/mol. The molecule has 16 N–H and O–H groups in total. The number of nitrogen functional groups attached to an aromatic ring is 6. The summed E-state index contributed by atoms with van der Waals surface area (Å²) in [5, 5.41) is 21.8. The number of nitrogens with zero attached hydrogens (tertiary/aromatic N) is 37. The van der Waals surface area contributed by atoms with Gasteiger partial charge in [0.1, 0.15) is 71.1 Å². The van der Waals surface area contributed by atoms with Crippen molar-refractivity contribution in [3.63, 3.8) is 0 Å². The van der Waals surface area contributed by atoms with Crippen molar-refractivity contribution in [2.45, 2.75) is 219 Å². The number of nitrogens with two attached hydrogens (primary N) is 6. The van der Waals surface area contributed by atoms with Crippen molar-refractivity contribution in [2.75, 3.05) is 34.4 Å². The molecule has 23 aromatic rings. The molecule has 0 bridgehead atoms. The van der Waals surface area contributed by atoms with Gasteiger partial charge in [-0.05, 0) is 163 Å². The average molecular weight is 2030 g/mol. The highest BCUT2D eigenvalue weighted by Crippen LogP contribution is 2.28. The number of fused-ring (bicyclic) bond motifs is 13. The minimum atomic E-state index is -0.525. The van der Waals surface area contributed by atoms with Crippen LogP contribution >= 0.6 is 0 Å². The minimum absolute atomic E-state index is 0.0289. The zero-order valence-electron chi connectivity index (χ0n) is 85.7. The first-order valence-electron chi connectivity index (χ1n) is 47.1. The summed E-state index contributed by atoms with van der Waals surface area (Å²) in [6.07, 6.45) is 34.9. The lowest BCUT2D eigenvalue weighted by atomic mass is 10.2. The van der Waals surface area contributed by atoms with Crippen LogP contribution in [0.25, 0.3) is 117 Å². The van der Waals surface area contributed by atoms with Gasteiger partial charge in [0.2, 0.25) is 11.6 Å². The number of rotatable bonds is 11. The second-order valence-corrected chi connectivity index (χ2v) is 36.5. The SMILES string of the molecule is CC(C)c1cnc2c(N)ncnn12.CC(C)n1cc(F)c2c(=O)[nH]cnc21.CC(C)n1cc(F)c2c(N)ncnc21.CC(C)n1ccc(=O)n2ccnc12.CC(C)n1ccc2c(=O)[nH]cnc21.CC(C)n1ccc2c(N)ncnc21.CC(C)n1cnc2c(=O)[nH]c3nccn3c21.CC(C)n1cnc2c(=O)[nH]cnc21.CC(C)n1cnc2c(N)ncnc21.CC(C)n1nnc2c(N)ccnc21.CC(C)n1nnc2c(N)ncnc21. The third-order valence-corrected chi connectivity index (χ3v) is 22.6. The number of pyridine rings is 1. The molecule has 52 nitrogen and oxygen atoms in total. The van der Waals surface area contributed by atoms with Gasteiger partial charge in [0.05, 0.1) is 83.8 Å². The second kappa shape index (κ2) is 46.3. The molecule has 0 unspecified atom stereocenters. The molecule has 0 radical (unpaired) electrons. The summed E-state index contributed by atoms with van der Waals surface area (Å²) in [6.45, 7) is 44.7. The molecule has 0 aliphatic rings. The standard InChI is InChI=1S/C10H11N5O.C9H11FN4.C9H10FN3O.C9H12N4.2C9H11N3O.3C8H11N5.C8H10N4O.C7H10N6/c1-6(2)15-5-12-7-8(16)13-10-11-3-4-14(10)9(7)15;1-5(2)14-3-6(10)7-8(11)12-4-13-9(7)14;1-5(2)13-3-6(10)7-8(13)11-4-12-9(7)14;1-6(2)13-4-3-7-8(10)11-5-12-9(7)13;1-7(2)11-5-3-8(13)12-6-4-10-9(11)12;1-6(2)12-4-3-7-8(12)10-5-11-9(7)13;1-5(2)13-4-12-6-7(9)10-3-11-8(6)13;1-5(2)6-3-10-8-7(9)11-4-12-13(6)8;1-5(2)13-8-7(11-12-13)6(9)3-4-10-8;1-5(2)12-4-11-6-7(12)9-3-10-8(6)13;1-4(2)13-7-5(11-12-13)6(8)9-3-10-7/h3-6H,1-2H3,(H,11,13,16);3-5H,1-2H3,(H2,11,12,13);3-5H,1-2H3,(H,11,12,14);3-6H,1-2H3,(H2,10,11,12);3-7H,1-2H3;3-6H,1-2H3,(H,10,11,13);3-5H,1-2H3,(H2,9,10,11);3-5H,1-2H3,(H2,9,11,12);3-5H,1-2H3,(H2,9,10);3-5H,1-2H3,(H,9,10,13);3-4H,1-2H3,(H2,8,9,10). The van der Waals surface area contributed by atoms with Crippen LogP contribution in [0, 0.1) is 11.6 Å². The van der Waals surface area contributed by atoms with Crippen molar-refractivity contribution in [3.8, 4) is 0 Å². The third-order valence-electron chi connectivity index (χ3n) is 22.6. The van der Waals surface area contributed by atoms with E-state index in [0.29, 0.717) is 137 Å². The fourth-order valence-corrected chi connectivity index (χ4v) is 15.0. The molecule has 148 heavy (non-hydrogen) atoms. The van der Waals surface area contributed by atoms with E-state index in [4.69, 9.17) is 34.4 Å². The fourth-order valence-electron chi connectivity index (χ4n) is 15.0. The summed E-state index contributed by atoms with van der Waals surface area (Å²) < 4.78 is 50.6. The maximum Gasteiger partial charge on any atom is 0.280 e. The Balaban J connectivity index is 0.000000136. The number of H-pyrrole nitrogens is 4. The van der Waals surface area contributed by atoms with Gasteiger partial charge in [-0.15, -0.1) is 10.2 Å². The van der Waals surface area contributed by atoms with E-state index in [-0.39, 0.29) is 75.5 Å². The van der Waals surface area contributed by atoms with Crippen LogP contribution < -0.4 is 62.2 Å². The molecule has 0 aliphatic carbocycles. The molecule has 0 saturated carbocycles. The van der Waals surface area contributed by atoms with Gasteiger partial charge < -0.3 is 85.9 Å². The van der Waals surface area contributed by atoms with E-state index >= 15 is 0 Å². The lowest BCUT2D eigenvalue weighted by Gasteiger charge is -2.10. The lowest BCUT2D eigenvalue weighted by molar-refractivity contribution is 0.526. The molecule has 774 valence electrons. The summed E-state index contributed by atoms with van der Waals surface area (Å²) in [7, 11) is 0. The maximum absolute atomic E-state index is 13.4. The second-order valence-electron chi connectivity index (χ2n) is 36.5. The van der Waals surface area contributed by atoms with Crippen LogP contribution in [0.5, 0.6) is 0 Å². The first-order valence-corrected chi connectivity index (χ1v) is 47.1. The molecule has 0 aliphatic heterocycles. The quantitative estimate of drug-likeness (QED) is 0.0575. The molecule has 54 heteroatoms. The average Bonchev–Trinajstić information content (AvgIpc) is 1.60. The molecule has 23 aromatic heterocycles. The Labute approximate surface area is 840 Å². The van der Waals surface area contributed by atoms with Gasteiger partial charge in [0.25, 0.3) is 27.8 Å². The maximum atomic E-state index is 13.4. The first kappa shape index (κ1) is 107. The highest BCUT2D eigenvalue weighted by molar-refractivity contribution is 5.88. The molecule has 0 fully saturated rings. The molecule has 23 heterocycles. The van der Waals surface area contributed by atoms with Crippen molar-refractivity contribution in [3.05, 3.63) is 231 Å². The Morgan fingerprint density at radius 1 is 0.318 bits per heavy atom. The highest BCUT2D eigenvalue weighted by atomic mass is 19.1. The fraction of sp³-hybridized carbons (Fsp3) is 0.351. The molecule has 0 spiro atoms. The van der Waals surface area contributed by atoms with E-state index < -0.39 is 11.4 Å². The Morgan fingerprint density at radius 3 is 1.36 bits per heavy atom. The van der Waals surface area contributed by atoms with Crippen molar-refractivity contribution < 1.29 is 8.78 Å². The number of anilines is 6. The predicted molar refractivity (Wildman–Crippen MR) is 561 cm³/mol. The predicted octanol–water partition coefficient (Wildman–Crippen LogP) is 12.0. The van der Waals surface area contributed by atoms with Gasteiger partial charge in [0.15, 0.2) is 90.7 Å². The molecule has 0 atom stereocenters. The van der Waals surface area contributed by atoms with Gasteiger partial charge in [0, 0.05) is 116 Å². The molecule has 0 aromatic carbocycles. The zero-order valence-corrected chi connectivity index (χ0v) is 85.7. The van der Waals surface area contributed by atoms with Crippen molar-refractivity contribution in [1.29, 1.82) is 0 Å². The monoisotopic (exact) mass is 2020 g/mol. The van der Waals surface area contributed by atoms with E-state index in [2.05, 4.69) is 214 Å².